The van der Waals surface area contributed by atoms with Crippen LogP contribution in [-0.4, -0.2) is 21.7 Å². The zero-order valence-corrected chi connectivity index (χ0v) is 19.1. The number of ketones is 1. The van der Waals surface area contributed by atoms with E-state index >= 15 is 0 Å². The van der Waals surface area contributed by atoms with E-state index in [1.54, 1.807) is 24.3 Å². The van der Waals surface area contributed by atoms with Gasteiger partial charge in [-0.05, 0) is 40.8 Å². The van der Waals surface area contributed by atoms with Crippen LogP contribution in [0.2, 0.25) is 0 Å². The molecule has 1 aliphatic heterocycles. The molecule has 0 aromatic heterocycles. The number of nitro benzene ring substituents is 1. The molecule has 0 aliphatic carbocycles. The molecule has 1 atom stereocenters. The van der Waals surface area contributed by atoms with Gasteiger partial charge in [0.1, 0.15) is 5.76 Å². The van der Waals surface area contributed by atoms with Gasteiger partial charge in [0.25, 0.3) is 17.4 Å². The van der Waals surface area contributed by atoms with Gasteiger partial charge in [-0.3, -0.25) is 24.6 Å². The molecule has 3 aromatic rings. The number of para-hydroxylation sites is 1. The van der Waals surface area contributed by atoms with Crippen molar-refractivity contribution < 1.29 is 19.6 Å². The van der Waals surface area contributed by atoms with E-state index in [0.29, 0.717) is 11.3 Å². The Morgan fingerprint density at radius 1 is 0.912 bits per heavy atom. The van der Waals surface area contributed by atoms with Gasteiger partial charge < -0.3 is 5.11 Å². The molecule has 1 N–H and O–H groups in total. The SMILES string of the molecule is CC(C)(C)c1ccc(C2/C(=C(/O)c3ccc([N+](=O)[O-])cc3)C(=O)C(=O)N2c2ccccc2)cc1. The predicted molar refractivity (Wildman–Crippen MR) is 129 cm³/mol. The fourth-order valence-corrected chi connectivity index (χ4v) is 4.06. The molecule has 0 bridgehead atoms. The molecule has 1 aliphatic rings. The van der Waals surface area contributed by atoms with Crippen LogP contribution in [-0.2, 0) is 15.0 Å². The summed E-state index contributed by atoms with van der Waals surface area (Å²) in [6.07, 6.45) is 0. The summed E-state index contributed by atoms with van der Waals surface area (Å²) >= 11 is 0. The number of rotatable bonds is 4. The van der Waals surface area contributed by atoms with Crippen LogP contribution in [0.1, 0.15) is 43.5 Å². The van der Waals surface area contributed by atoms with Crippen molar-refractivity contribution in [1.29, 1.82) is 0 Å². The molecule has 4 rings (SSSR count). The fraction of sp³-hybridized carbons (Fsp3) is 0.185. The second-order valence-electron chi connectivity index (χ2n) is 9.18. The van der Waals surface area contributed by atoms with E-state index in [0.717, 1.165) is 5.56 Å². The summed E-state index contributed by atoms with van der Waals surface area (Å²) in [7, 11) is 0. The quantitative estimate of drug-likeness (QED) is 0.183. The van der Waals surface area contributed by atoms with Gasteiger partial charge in [-0.2, -0.15) is 0 Å². The van der Waals surface area contributed by atoms with Gasteiger partial charge in [0.15, 0.2) is 0 Å². The van der Waals surface area contributed by atoms with Crippen LogP contribution in [0.3, 0.4) is 0 Å². The smallest absolute Gasteiger partial charge is 0.300 e. The molecule has 3 aromatic carbocycles. The molecule has 1 unspecified atom stereocenters. The second-order valence-corrected chi connectivity index (χ2v) is 9.18. The van der Waals surface area contributed by atoms with Crippen molar-refractivity contribution in [3.05, 3.63) is 111 Å². The van der Waals surface area contributed by atoms with Gasteiger partial charge in [0.2, 0.25) is 0 Å². The van der Waals surface area contributed by atoms with E-state index in [-0.39, 0.29) is 28.0 Å². The molecule has 34 heavy (non-hydrogen) atoms. The number of carbonyl (C=O) groups is 2. The molecule has 0 saturated carbocycles. The van der Waals surface area contributed by atoms with E-state index < -0.39 is 22.7 Å². The van der Waals surface area contributed by atoms with Crippen LogP contribution in [0, 0.1) is 10.1 Å². The largest absolute Gasteiger partial charge is 0.507 e. The maximum Gasteiger partial charge on any atom is 0.300 e. The molecule has 172 valence electrons. The highest BCUT2D eigenvalue weighted by molar-refractivity contribution is 6.51. The lowest BCUT2D eigenvalue weighted by Gasteiger charge is -2.26. The molecule has 1 saturated heterocycles. The van der Waals surface area contributed by atoms with Crippen LogP contribution in [0.15, 0.2) is 84.4 Å². The molecular formula is C27H24N2O5. The number of benzene rings is 3. The molecule has 1 amide bonds. The van der Waals surface area contributed by atoms with Crippen LogP contribution in [0.4, 0.5) is 11.4 Å². The van der Waals surface area contributed by atoms with Crippen molar-refractivity contribution in [3.63, 3.8) is 0 Å². The molecule has 7 heteroatoms. The minimum Gasteiger partial charge on any atom is -0.507 e. The first-order valence-corrected chi connectivity index (χ1v) is 10.8. The lowest BCUT2D eigenvalue weighted by Crippen LogP contribution is -2.29. The first kappa shape index (κ1) is 22.9. The highest BCUT2D eigenvalue weighted by Crippen LogP contribution is 2.42. The number of aliphatic hydroxyl groups is 1. The van der Waals surface area contributed by atoms with Gasteiger partial charge in [-0.15, -0.1) is 0 Å². The monoisotopic (exact) mass is 456 g/mol. The highest BCUT2D eigenvalue weighted by atomic mass is 16.6. The van der Waals surface area contributed by atoms with Gasteiger partial charge in [0.05, 0.1) is 16.5 Å². The number of Topliss-reactive ketones (excluding diaryl/α,β-unsaturated/α-hetero) is 1. The lowest BCUT2D eigenvalue weighted by molar-refractivity contribution is -0.384. The first-order valence-electron chi connectivity index (χ1n) is 10.8. The van der Waals surface area contributed by atoms with E-state index in [9.17, 15) is 24.8 Å². The Balaban J connectivity index is 1.90. The first-order chi connectivity index (χ1) is 16.1. The molecule has 0 radical (unpaired) electrons. The molecule has 1 fully saturated rings. The number of hydrogen-bond donors (Lipinski definition) is 1. The summed E-state index contributed by atoms with van der Waals surface area (Å²) in [5.74, 6) is -1.94. The standard InChI is InChI=1S/C27H24N2O5/c1-27(2,3)19-13-9-17(10-14-19)23-22(24(30)18-11-15-21(16-12-18)29(33)34)25(31)26(32)28(23)20-7-5-4-6-8-20/h4-16,23,30H,1-3H3/b24-22-. The zero-order valence-electron chi connectivity index (χ0n) is 19.1. The number of amides is 1. The summed E-state index contributed by atoms with van der Waals surface area (Å²) in [5.41, 5.74) is 2.20. The van der Waals surface area contributed by atoms with Crippen molar-refractivity contribution in [1.82, 2.24) is 0 Å². The number of aliphatic hydroxyl groups excluding tert-OH is 1. The summed E-state index contributed by atoms with van der Waals surface area (Å²) < 4.78 is 0. The minimum atomic E-state index is -0.855. The topological polar surface area (TPSA) is 101 Å². The third-order valence-corrected chi connectivity index (χ3v) is 5.92. The van der Waals surface area contributed by atoms with Crippen molar-refractivity contribution in [2.45, 2.75) is 32.2 Å². The van der Waals surface area contributed by atoms with Gasteiger partial charge >= 0.3 is 0 Å². The van der Waals surface area contributed by atoms with Gasteiger partial charge in [0, 0.05) is 23.4 Å². The summed E-state index contributed by atoms with van der Waals surface area (Å²) in [6, 6.07) is 20.8. The molecule has 7 nitrogen and oxygen atoms in total. The third-order valence-electron chi connectivity index (χ3n) is 5.92. The van der Waals surface area contributed by atoms with Crippen LogP contribution in [0.25, 0.3) is 5.76 Å². The van der Waals surface area contributed by atoms with E-state index in [2.05, 4.69) is 20.8 Å². The second kappa shape index (κ2) is 8.59. The number of nitrogens with zero attached hydrogens (tertiary/aromatic N) is 2. The van der Waals surface area contributed by atoms with E-state index in [4.69, 9.17) is 0 Å². The average Bonchev–Trinajstić information content (AvgIpc) is 3.09. The number of hydrogen-bond acceptors (Lipinski definition) is 5. The van der Waals surface area contributed by atoms with E-state index in [1.165, 1.54) is 29.2 Å². The van der Waals surface area contributed by atoms with Crippen LogP contribution < -0.4 is 4.90 Å². The van der Waals surface area contributed by atoms with Gasteiger partial charge in [-0.1, -0.05) is 63.2 Å². The minimum absolute atomic E-state index is 0.0637. The fourth-order valence-electron chi connectivity index (χ4n) is 4.06. The van der Waals surface area contributed by atoms with Crippen molar-refractivity contribution in [2.75, 3.05) is 4.90 Å². The number of anilines is 1. The number of carbonyl (C=O) groups excluding carboxylic acids is 2. The Bertz CT molecular complexity index is 1290. The number of non-ortho nitro benzene ring substituents is 1. The molecular weight excluding hydrogens is 432 g/mol. The average molecular weight is 456 g/mol. The lowest BCUT2D eigenvalue weighted by atomic mass is 9.85. The zero-order chi connectivity index (χ0) is 24.6. The maximum atomic E-state index is 13.2. The van der Waals surface area contributed by atoms with Crippen molar-refractivity contribution in [2.24, 2.45) is 0 Å². The van der Waals surface area contributed by atoms with E-state index in [1.807, 2.05) is 30.3 Å². The molecule has 1 heterocycles. The Hall–Kier alpha value is -4.26. The summed E-state index contributed by atoms with van der Waals surface area (Å²) in [6.45, 7) is 6.27. The molecule has 0 spiro atoms. The summed E-state index contributed by atoms with van der Waals surface area (Å²) in [4.78, 5) is 38.1. The van der Waals surface area contributed by atoms with Crippen LogP contribution >= 0.6 is 0 Å². The van der Waals surface area contributed by atoms with Gasteiger partial charge in [-0.25, -0.2) is 0 Å². The van der Waals surface area contributed by atoms with Crippen molar-refractivity contribution >= 4 is 28.8 Å². The Labute approximate surface area is 197 Å². The Morgan fingerprint density at radius 3 is 2.03 bits per heavy atom. The summed E-state index contributed by atoms with van der Waals surface area (Å²) in [5, 5.41) is 22.1. The predicted octanol–water partition coefficient (Wildman–Crippen LogP) is 5.52. The normalized spacial score (nSPS) is 17.7. The highest BCUT2D eigenvalue weighted by Gasteiger charge is 2.47. The van der Waals surface area contributed by atoms with Crippen molar-refractivity contribution in [3.8, 4) is 0 Å². The number of nitro groups is 1. The Kier molecular flexibility index (Phi) is 5.79. The third kappa shape index (κ3) is 4.08. The Morgan fingerprint density at radius 2 is 1.50 bits per heavy atom. The van der Waals surface area contributed by atoms with Crippen LogP contribution in [0.5, 0.6) is 0 Å². The maximum absolute atomic E-state index is 13.2.